The van der Waals surface area contributed by atoms with Gasteiger partial charge in [0.15, 0.2) is 0 Å². The van der Waals surface area contributed by atoms with Gasteiger partial charge in [-0.05, 0) is 43.5 Å². The maximum Gasteiger partial charge on any atom is 0.255 e. The van der Waals surface area contributed by atoms with Crippen molar-refractivity contribution in [3.05, 3.63) is 65.7 Å². The van der Waals surface area contributed by atoms with Crippen LogP contribution in [0.5, 0.6) is 0 Å². The molecule has 0 spiro atoms. The predicted octanol–water partition coefficient (Wildman–Crippen LogP) is 4.50. The number of para-hydroxylation sites is 1. The third kappa shape index (κ3) is 4.10. The summed E-state index contributed by atoms with van der Waals surface area (Å²) in [6.07, 6.45) is 1.75. The van der Waals surface area contributed by atoms with Crippen molar-refractivity contribution in [2.75, 3.05) is 5.32 Å². The first-order valence-corrected chi connectivity index (χ1v) is 7.19. The standard InChI is InChI=1S/C17H18ClNO/c1-13(18)11-12-14-7-5-6-10-16(14)19-17(20)15-8-3-2-4-9-15/h2-10,13H,11-12H2,1H3,(H,19,20). The van der Waals surface area contributed by atoms with E-state index in [9.17, 15) is 4.79 Å². The number of alkyl halides is 1. The molecule has 0 aromatic heterocycles. The van der Waals surface area contributed by atoms with Crippen LogP contribution in [-0.2, 0) is 6.42 Å². The third-order valence-electron chi connectivity index (χ3n) is 3.11. The predicted molar refractivity (Wildman–Crippen MR) is 84.5 cm³/mol. The molecule has 2 aromatic rings. The number of aryl methyl sites for hydroxylation is 1. The zero-order chi connectivity index (χ0) is 14.4. The molecule has 0 fully saturated rings. The Labute approximate surface area is 124 Å². The van der Waals surface area contributed by atoms with E-state index < -0.39 is 0 Å². The van der Waals surface area contributed by atoms with Crippen molar-refractivity contribution in [1.29, 1.82) is 0 Å². The van der Waals surface area contributed by atoms with Crippen LogP contribution in [-0.4, -0.2) is 11.3 Å². The van der Waals surface area contributed by atoms with Crippen LogP contribution >= 0.6 is 11.6 Å². The molecule has 0 aliphatic heterocycles. The topological polar surface area (TPSA) is 29.1 Å². The van der Waals surface area contributed by atoms with Gasteiger partial charge in [-0.25, -0.2) is 0 Å². The van der Waals surface area contributed by atoms with Gasteiger partial charge in [0.2, 0.25) is 0 Å². The van der Waals surface area contributed by atoms with Crippen LogP contribution < -0.4 is 5.32 Å². The zero-order valence-electron chi connectivity index (χ0n) is 11.5. The summed E-state index contributed by atoms with van der Waals surface area (Å²) in [6.45, 7) is 1.98. The van der Waals surface area contributed by atoms with Crippen molar-refractivity contribution >= 4 is 23.2 Å². The maximum atomic E-state index is 12.2. The number of amides is 1. The number of rotatable bonds is 5. The molecule has 2 rings (SSSR count). The number of hydrogen-bond acceptors (Lipinski definition) is 1. The van der Waals surface area contributed by atoms with Gasteiger partial charge >= 0.3 is 0 Å². The van der Waals surface area contributed by atoms with E-state index in [2.05, 4.69) is 5.32 Å². The second-order valence-electron chi connectivity index (χ2n) is 4.80. The number of carbonyl (C=O) groups is 1. The Kier molecular flexibility index (Phi) is 5.19. The van der Waals surface area contributed by atoms with Crippen LogP contribution in [0.3, 0.4) is 0 Å². The van der Waals surface area contributed by atoms with E-state index in [0.717, 1.165) is 24.1 Å². The summed E-state index contributed by atoms with van der Waals surface area (Å²) in [5.41, 5.74) is 2.64. The molecule has 2 nitrogen and oxygen atoms in total. The van der Waals surface area contributed by atoms with Gasteiger partial charge < -0.3 is 5.32 Å². The summed E-state index contributed by atoms with van der Waals surface area (Å²) in [7, 11) is 0. The van der Waals surface area contributed by atoms with Crippen molar-refractivity contribution in [3.8, 4) is 0 Å². The third-order valence-corrected chi connectivity index (χ3v) is 3.33. The number of carbonyl (C=O) groups excluding carboxylic acids is 1. The first-order valence-electron chi connectivity index (χ1n) is 6.75. The Balaban J connectivity index is 2.11. The highest BCUT2D eigenvalue weighted by Crippen LogP contribution is 2.19. The average Bonchev–Trinajstić information content (AvgIpc) is 2.47. The number of hydrogen-bond donors (Lipinski definition) is 1. The van der Waals surface area contributed by atoms with Crippen LogP contribution in [0.4, 0.5) is 5.69 Å². The van der Waals surface area contributed by atoms with E-state index in [-0.39, 0.29) is 11.3 Å². The van der Waals surface area contributed by atoms with Gasteiger partial charge in [-0.15, -0.1) is 11.6 Å². The Morgan fingerprint density at radius 2 is 1.75 bits per heavy atom. The summed E-state index contributed by atoms with van der Waals surface area (Å²) >= 11 is 5.99. The summed E-state index contributed by atoms with van der Waals surface area (Å²) < 4.78 is 0. The molecule has 1 N–H and O–H groups in total. The van der Waals surface area contributed by atoms with Crippen molar-refractivity contribution in [3.63, 3.8) is 0 Å². The Morgan fingerprint density at radius 1 is 1.10 bits per heavy atom. The van der Waals surface area contributed by atoms with Crippen molar-refractivity contribution < 1.29 is 4.79 Å². The van der Waals surface area contributed by atoms with Crippen molar-refractivity contribution in [2.24, 2.45) is 0 Å². The van der Waals surface area contributed by atoms with E-state index in [1.54, 1.807) is 12.1 Å². The quantitative estimate of drug-likeness (QED) is 0.806. The molecule has 0 radical (unpaired) electrons. The second-order valence-corrected chi connectivity index (χ2v) is 5.54. The normalized spacial score (nSPS) is 11.9. The minimum Gasteiger partial charge on any atom is -0.322 e. The highest BCUT2D eigenvalue weighted by atomic mass is 35.5. The fourth-order valence-corrected chi connectivity index (χ4v) is 2.11. The first kappa shape index (κ1) is 14.6. The number of benzene rings is 2. The molecule has 0 saturated heterocycles. The molecular formula is C17H18ClNO. The van der Waals surface area contributed by atoms with Gasteiger partial charge in [-0.3, -0.25) is 4.79 Å². The van der Waals surface area contributed by atoms with Crippen molar-refractivity contribution in [1.82, 2.24) is 0 Å². The van der Waals surface area contributed by atoms with E-state index in [1.807, 2.05) is 49.4 Å². The monoisotopic (exact) mass is 287 g/mol. The molecule has 0 aliphatic rings. The molecule has 0 aliphatic carbocycles. The number of halogens is 1. The lowest BCUT2D eigenvalue weighted by atomic mass is 10.1. The molecule has 2 aromatic carbocycles. The molecule has 104 valence electrons. The van der Waals surface area contributed by atoms with Crippen LogP contribution in [0.2, 0.25) is 0 Å². The highest BCUT2D eigenvalue weighted by molar-refractivity contribution is 6.20. The molecule has 1 atom stereocenters. The van der Waals surface area contributed by atoms with E-state index in [1.165, 1.54) is 0 Å². The smallest absolute Gasteiger partial charge is 0.255 e. The zero-order valence-corrected chi connectivity index (χ0v) is 12.2. The summed E-state index contributed by atoms with van der Waals surface area (Å²) in [4.78, 5) is 12.2. The maximum absolute atomic E-state index is 12.2. The summed E-state index contributed by atoms with van der Waals surface area (Å²) in [5, 5.41) is 3.10. The average molecular weight is 288 g/mol. The summed E-state index contributed by atoms with van der Waals surface area (Å²) in [6, 6.07) is 17.1. The molecule has 1 unspecified atom stereocenters. The second kappa shape index (κ2) is 7.11. The Bertz CT molecular complexity index is 566. The molecule has 3 heteroatoms. The molecule has 0 heterocycles. The van der Waals surface area contributed by atoms with Gasteiger partial charge in [0.25, 0.3) is 5.91 Å². The summed E-state index contributed by atoms with van der Waals surface area (Å²) in [5.74, 6) is -0.0861. The SMILES string of the molecule is CC(Cl)CCc1ccccc1NC(=O)c1ccccc1. The lowest BCUT2D eigenvalue weighted by Gasteiger charge is -2.11. The van der Waals surface area contributed by atoms with Gasteiger partial charge in [-0.2, -0.15) is 0 Å². The van der Waals surface area contributed by atoms with E-state index in [4.69, 9.17) is 11.6 Å². The molecule has 0 bridgehead atoms. The molecular weight excluding hydrogens is 270 g/mol. The van der Waals surface area contributed by atoms with Crippen LogP contribution in [0.1, 0.15) is 29.3 Å². The van der Waals surface area contributed by atoms with Gasteiger partial charge in [-0.1, -0.05) is 36.4 Å². The lowest BCUT2D eigenvalue weighted by molar-refractivity contribution is 0.102. The highest BCUT2D eigenvalue weighted by Gasteiger charge is 2.09. The Hall–Kier alpha value is -1.80. The van der Waals surface area contributed by atoms with E-state index >= 15 is 0 Å². The van der Waals surface area contributed by atoms with Crippen LogP contribution in [0.25, 0.3) is 0 Å². The van der Waals surface area contributed by atoms with E-state index in [0.29, 0.717) is 5.56 Å². The minimum absolute atomic E-state index is 0.0861. The van der Waals surface area contributed by atoms with Crippen molar-refractivity contribution in [2.45, 2.75) is 25.1 Å². The number of anilines is 1. The fourth-order valence-electron chi connectivity index (χ4n) is 2.00. The Morgan fingerprint density at radius 3 is 2.45 bits per heavy atom. The fraction of sp³-hybridized carbons (Fsp3) is 0.235. The molecule has 1 amide bonds. The molecule has 0 saturated carbocycles. The van der Waals surface area contributed by atoms with Gasteiger partial charge in [0.05, 0.1) is 0 Å². The van der Waals surface area contributed by atoms with Gasteiger partial charge in [0, 0.05) is 16.6 Å². The lowest BCUT2D eigenvalue weighted by Crippen LogP contribution is -2.13. The van der Waals surface area contributed by atoms with Gasteiger partial charge in [0.1, 0.15) is 0 Å². The largest absolute Gasteiger partial charge is 0.322 e. The van der Waals surface area contributed by atoms with Crippen LogP contribution in [0.15, 0.2) is 54.6 Å². The van der Waals surface area contributed by atoms with Crippen LogP contribution in [0, 0.1) is 0 Å². The first-order chi connectivity index (χ1) is 9.66. The number of nitrogens with one attached hydrogen (secondary N) is 1. The molecule has 20 heavy (non-hydrogen) atoms. The minimum atomic E-state index is -0.0861.